The zero-order valence-corrected chi connectivity index (χ0v) is 16.6. The molecule has 0 amide bonds. The minimum Gasteiger partial charge on any atom is -0.396 e. The van der Waals surface area contributed by atoms with Crippen LogP contribution in [0.5, 0.6) is 0 Å². The van der Waals surface area contributed by atoms with Gasteiger partial charge in [0.1, 0.15) is 0 Å². The van der Waals surface area contributed by atoms with Crippen molar-refractivity contribution in [1.82, 2.24) is 0 Å². The Kier molecular flexibility index (Phi) is 7.45. The smallest absolute Gasteiger partial charge is 0.396 e. The molecule has 0 radical (unpaired) electrons. The van der Waals surface area contributed by atoms with Crippen molar-refractivity contribution in [2.45, 2.75) is 0 Å². The van der Waals surface area contributed by atoms with Crippen LogP contribution in [0.25, 0.3) is 0 Å². The lowest BCUT2D eigenvalue weighted by Gasteiger charge is -2.42. The summed E-state index contributed by atoms with van der Waals surface area (Å²) < 4.78 is 60.0. The number of phosphoric ester groups is 2. The zero-order chi connectivity index (χ0) is 20.4. The third-order valence-corrected chi connectivity index (χ3v) is 6.52. The van der Waals surface area contributed by atoms with E-state index in [0.29, 0.717) is 0 Å². The molecule has 27 heavy (non-hydrogen) atoms. The number of aliphatic hydroxyl groups excluding tert-OH is 2. The van der Waals surface area contributed by atoms with Gasteiger partial charge in [-0.15, -0.1) is 0 Å². The number of fused-ring (bicyclic) bond motifs is 6. The van der Waals surface area contributed by atoms with E-state index in [-0.39, 0.29) is 52.9 Å². The molecular weight excluding hydrogens is 437 g/mol. The summed E-state index contributed by atoms with van der Waals surface area (Å²) in [5.41, 5.74) is -0.960. The average molecular weight is 458 g/mol. The highest BCUT2D eigenvalue weighted by Crippen LogP contribution is 2.60. The van der Waals surface area contributed by atoms with Gasteiger partial charge in [-0.3, -0.25) is 27.1 Å². The second-order valence-electron chi connectivity index (χ2n) is 6.36. The lowest BCUT2D eigenvalue weighted by atomic mass is 9.93. The minimum absolute atomic E-state index is 0.0625. The first-order chi connectivity index (χ1) is 12.4. The molecule has 0 aliphatic carbocycles. The summed E-state index contributed by atoms with van der Waals surface area (Å²) >= 11 is 0. The summed E-state index contributed by atoms with van der Waals surface area (Å²) in [6, 6.07) is 0. The fraction of sp³-hybridized carbons (Fsp3) is 1.00. The van der Waals surface area contributed by atoms with Gasteiger partial charge in [0.15, 0.2) is 0 Å². The molecule has 5 N–H and O–H groups in total. The second-order valence-corrected chi connectivity index (χ2v) is 10.7. The SMILES string of the molecule is O=P(O)(O)O.O=P12OCC(CO)(CO1)CO2.O=P12OCC(CO)(CO1)CO2. The van der Waals surface area contributed by atoms with Gasteiger partial charge >= 0.3 is 23.5 Å². The number of phosphoric acid groups is 3. The Balaban J connectivity index is 0.000000157. The summed E-state index contributed by atoms with van der Waals surface area (Å²) in [5.74, 6) is 0. The highest BCUT2D eigenvalue weighted by molar-refractivity contribution is 7.48. The molecule has 6 rings (SSSR count). The molecule has 0 aromatic carbocycles. The maximum absolute atomic E-state index is 11.1. The average Bonchev–Trinajstić information content (AvgIpc) is 2.63. The van der Waals surface area contributed by atoms with Gasteiger partial charge in [-0.2, -0.15) is 0 Å². The van der Waals surface area contributed by atoms with E-state index in [9.17, 15) is 9.13 Å². The Bertz CT molecular complexity index is 543. The topological polar surface area (TPSA) is 208 Å². The quantitative estimate of drug-likeness (QED) is 0.327. The van der Waals surface area contributed by atoms with Crippen LogP contribution in [0, 0.1) is 10.8 Å². The Labute approximate surface area is 153 Å². The highest BCUT2D eigenvalue weighted by atomic mass is 31.2. The Morgan fingerprint density at radius 3 is 1.00 bits per heavy atom. The number of hydrogen-bond donors (Lipinski definition) is 5. The van der Waals surface area contributed by atoms with Crippen molar-refractivity contribution in [1.29, 1.82) is 0 Å². The molecule has 6 aliphatic heterocycles. The van der Waals surface area contributed by atoms with Crippen LogP contribution < -0.4 is 0 Å². The standard InChI is InChI=1S/2C5H9O5P.H3O4P/c2*6-1-5-2-8-11(7,9-3-5)10-4-5;1-5(2,3)4/h2*6H,1-4H2;(H3,1,2,3,4). The molecule has 0 atom stereocenters. The molecular formula is C10H21O14P3. The number of hydrogen-bond acceptors (Lipinski definition) is 11. The van der Waals surface area contributed by atoms with Crippen molar-refractivity contribution >= 4 is 23.5 Å². The van der Waals surface area contributed by atoms with E-state index in [1.54, 1.807) is 0 Å². The summed E-state index contributed by atoms with van der Waals surface area (Å²) in [4.78, 5) is 21.6. The van der Waals surface area contributed by atoms with E-state index in [2.05, 4.69) is 0 Å². The van der Waals surface area contributed by atoms with Crippen LogP contribution in [0.4, 0.5) is 0 Å². The normalized spacial score (nSPS) is 42.6. The Hall–Kier alpha value is 0.250. The third-order valence-electron chi connectivity index (χ3n) is 3.84. The van der Waals surface area contributed by atoms with Crippen molar-refractivity contribution < 1.29 is 65.7 Å². The van der Waals surface area contributed by atoms with Gasteiger partial charge in [0, 0.05) is 0 Å². The van der Waals surface area contributed by atoms with E-state index in [1.165, 1.54) is 0 Å². The number of aliphatic hydroxyl groups is 2. The van der Waals surface area contributed by atoms with E-state index < -0.39 is 34.3 Å². The predicted octanol–water partition coefficient (Wildman–Crippen LogP) is -0.628. The molecule has 0 spiro atoms. The first-order valence-electron chi connectivity index (χ1n) is 7.44. The molecule has 0 aromatic rings. The number of rotatable bonds is 2. The van der Waals surface area contributed by atoms with E-state index in [4.69, 9.17) is 56.6 Å². The van der Waals surface area contributed by atoms with Crippen LogP contribution >= 0.6 is 23.5 Å². The van der Waals surface area contributed by atoms with Gasteiger partial charge in [-0.05, 0) is 0 Å². The lowest BCUT2D eigenvalue weighted by molar-refractivity contribution is -0.115. The lowest BCUT2D eigenvalue weighted by Crippen LogP contribution is -2.47. The van der Waals surface area contributed by atoms with Crippen LogP contribution in [0.15, 0.2) is 0 Å². The van der Waals surface area contributed by atoms with Gasteiger partial charge in [0.25, 0.3) is 0 Å². The van der Waals surface area contributed by atoms with Crippen molar-refractivity contribution in [3.05, 3.63) is 0 Å². The largest absolute Gasteiger partial charge is 0.474 e. The first kappa shape index (κ1) is 23.5. The molecule has 0 unspecified atom stereocenters. The maximum Gasteiger partial charge on any atom is 0.474 e. The van der Waals surface area contributed by atoms with Crippen LogP contribution in [0.2, 0.25) is 0 Å². The maximum atomic E-state index is 11.1. The summed E-state index contributed by atoms with van der Waals surface area (Å²) in [6.45, 7) is 1.46. The fourth-order valence-corrected chi connectivity index (χ4v) is 5.08. The van der Waals surface area contributed by atoms with Crippen LogP contribution in [-0.2, 0) is 40.8 Å². The van der Waals surface area contributed by atoms with Gasteiger partial charge in [-0.25, -0.2) is 13.7 Å². The first-order valence-corrected chi connectivity index (χ1v) is 11.9. The van der Waals surface area contributed by atoms with Crippen LogP contribution in [0.3, 0.4) is 0 Å². The van der Waals surface area contributed by atoms with E-state index >= 15 is 0 Å². The molecule has 6 aliphatic rings. The monoisotopic (exact) mass is 458 g/mol. The van der Waals surface area contributed by atoms with Crippen molar-refractivity contribution in [2.75, 3.05) is 52.9 Å². The molecule has 6 saturated heterocycles. The van der Waals surface area contributed by atoms with Crippen molar-refractivity contribution in [2.24, 2.45) is 10.8 Å². The molecule has 4 bridgehead atoms. The molecule has 0 aromatic heterocycles. The summed E-state index contributed by atoms with van der Waals surface area (Å²) in [5, 5.41) is 17.8. The summed E-state index contributed by atoms with van der Waals surface area (Å²) in [7, 11) is -11.0. The van der Waals surface area contributed by atoms with Gasteiger partial charge in [-0.1, -0.05) is 0 Å². The molecule has 160 valence electrons. The molecule has 0 saturated carbocycles. The van der Waals surface area contributed by atoms with Crippen LogP contribution in [-0.4, -0.2) is 77.7 Å². The Morgan fingerprint density at radius 2 is 0.852 bits per heavy atom. The third kappa shape index (κ3) is 6.63. The van der Waals surface area contributed by atoms with Gasteiger partial charge in [0.2, 0.25) is 0 Å². The predicted molar refractivity (Wildman–Crippen MR) is 84.2 cm³/mol. The minimum atomic E-state index is -4.64. The Morgan fingerprint density at radius 1 is 0.667 bits per heavy atom. The van der Waals surface area contributed by atoms with Gasteiger partial charge in [0.05, 0.1) is 63.7 Å². The van der Waals surface area contributed by atoms with Gasteiger partial charge < -0.3 is 24.9 Å². The molecule has 6 heterocycles. The van der Waals surface area contributed by atoms with E-state index in [1.807, 2.05) is 0 Å². The van der Waals surface area contributed by atoms with Crippen LogP contribution in [0.1, 0.15) is 0 Å². The molecule has 17 heteroatoms. The second kappa shape index (κ2) is 8.55. The fourth-order valence-electron chi connectivity index (χ4n) is 2.04. The zero-order valence-electron chi connectivity index (χ0n) is 13.9. The van der Waals surface area contributed by atoms with Crippen molar-refractivity contribution in [3.63, 3.8) is 0 Å². The highest BCUT2D eigenvalue weighted by Gasteiger charge is 2.51. The molecule has 14 nitrogen and oxygen atoms in total. The van der Waals surface area contributed by atoms with E-state index in [0.717, 1.165) is 0 Å². The summed E-state index contributed by atoms with van der Waals surface area (Å²) in [6.07, 6.45) is 0. The molecule has 6 fully saturated rings. The van der Waals surface area contributed by atoms with Crippen molar-refractivity contribution in [3.8, 4) is 0 Å².